The molecule has 0 heterocycles. The van der Waals surface area contributed by atoms with Gasteiger partial charge in [-0.05, 0) is 47.5 Å². The molecular formula is C14H22O. The molecule has 0 bridgehead atoms. The van der Waals surface area contributed by atoms with E-state index in [-0.39, 0.29) is 0 Å². The number of carbonyl (C=O) groups is 1. The highest BCUT2D eigenvalue weighted by molar-refractivity contribution is 5.75. The lowest BCUT2D eigenvalue weighted by Crippen LogP contribution is -2.44. The van der Waals surface area contributed by atoms with Crippen LogP contribution in [0.2, 0.25) is 0 Å². The Balaban J connectivity index is 2.32. The summed E-state index contributed by atoms with van der Waals surface area (Å²) >= 11 is 0. The highest BCUT2D eigenvalue weighted by Gasteiger charge is 2.52. The number of hydrogen-bond donors (Lipinski definition) is 0. The molecule has 0 spiro atoms. The van der Waals surface area contributed by atoms with E-state index in [0.29, 0.717) is 22.7 Å². The summed E-state index contributed by atoms with van der Waals surface area (Å²) in [6, 6.07) is 0. The van der Waals surface area contributed by atoms with E-state index in [4.69, 9.17) is 0 Å². The third-order valence-corrected chi connectivity index (χ3v) is 5.35. The fraction of sp³-hybridized carbons (Fsp3) is 0.786. The number of allylic oxidation sites excluding steroid dienone is 2. The second-order valence-corrected chi connectivity index (χ2v) is 6.33. The summed E-state index contributed by atoms with van der Waals surface area (Å²) < 4.78 is 0. The van der Waals surface area contributed by atoms with Crippen LogP contribution in [0.5, 0.6) is 0 Å². The molecule has 1 nitrogen and oxygen atoms in total. The van der Waals surface area contributed by atoms with Crippen molar-refractivity contribution in [1.29, 1.82) is 0 Å². The molecule has 0 aliphatic heterocycles. The molecule has 1 fully saturated rings. The number of fused-ring (bicyclic) bond motifs is 1. The molecule has 15 heavy (non-hydrogen) atoms. The predicted molar refractivity (Wildman–Crippen MR) is 62.5 cm³/mol. The van der Waals surface area contributed by atoms with Crippen molar-refractivity contribution >= 4 is 6.29 Å². The summed E-state index contributed by atoms with van der Waals surface area (Å²) in [5.41, 5.74) is 1.83. The molecule has 2 aliphatic rings. The molecule has 2 aliphatic carbocycles. The highest BCUT2D eigenvalue weighted by atomic mass is 16.1. The molecule has 0 N–H and O–H groups in total. The lowest BCUT2D eigenvalue weighted by Gasteiger charge is -2.51. The molecule has 3 atom stereocenters. The van der Waals surface area contributed by atoms with Crippen LogP contribution >= 0.6 is 0 Å². The maximum Gasteiger partial charge on any atom is 0.146 e. The minimum Gasteiger partial charge on any atom is -0.298 e. The quantitative estimate of drug-likeness (QED) is 0.599. The van der Waals surface area contributed by atoms with Gasteiger partial charge in [-0.3, -0.25) is 4.79 Å². The van der Waals surface area contributed by atoms with Gasteiger partial charge in [-0.2, -0.15) is 0 Å². The van der Waals surface area contributed by atoms with Crippen molar-refractivity contribution in [2.75, 3.05) is 0 Å². The first-order chi connectivity index (χ1) is 6.92. The van der Waals surface area contributed by atoms with Gasteiger partial charge in [0.1, 0.15) is 6.29 Å². The van der Waals surface area contributed by atoms with Gasteiger partial charge in [0.05, 0.1) is 0 Å². The molecule has 0 amide bonds. The van der Waals surface area contributed by atoms with E-state index in [1.807, 2.05) is 0 Å². The van der Waals surface area contributed by atoms with Crippen molar-refractivity contribution in [3.8, 4) is 0 Å². The average Bonchev–Trinajstić information content (AvgIpc) is 2.51. The number of hydrogen-bond acceptors (Lipinski definition) is 1. The van der Waals surface area contributed by atoms with Crippen LogP contribution in [-0.2, 0) is 4.79 Å². The third kappa shape index (κ3) is 1.39. The van der Waals surface area contributed by atoms with Gasteiger partial charge in [-0.15, -0.1) is 0 Å². The van der Waals surface area contributed by atoms with Gasteiger partial charge in [0.15, 0.2) is 0 Å². The van der Waals surface area contributed by atoms with Crippen molar-refractivity contribution in [1.82, 2.24) is 0 Å². The van der Waals surface area contributed by atoms with Gasteiger partial charge in [0.2, 0.25) is 0 Å². The lowest BCUT2D eigenvalue weighted by atomic mass is 9.53. The first kappa shape index (κ1) is 10.9. The van der Waals surface area contributed by atoms with Crippen molar-refractivity contribution in [3.05, 3.63) is 11.6 Å². The smallest absolute Gasteiger partial charge is 0.146 e. The zero-order valence-electron chi connectivity index (χ0n) is 10.3. The molecule has 84 valence electrons. The first-order valence-corrected chi connectivity index (χ1v) is 6.07. The molecule has 0 aromatic rings. The van der Waals surface area contributed by atoms with Crippen LogP contribution in [-0.4, -0.2) is 6.29 Å². The summed E-state index contributed by atoms with van der Waals surface area (Å²) in [5, 5.41) is 0. The Hall–Kier alpha value is -0.590. The van der Waals surface area contributed by atoms with Gasteiger partial charge in [-0.1, -0.05) is 33.8 Å². The monoisotopic (exact) mass is 206 g/mol. The van der Waals surface area contributed by atoms with Gasteiger partial charge in [-0.25, -0.2) is 0 Å². The minimum absolute atomic E-state index is 0.331. The molecule has 1 unspecified atom stereocenters. The molecule has 1 heteroatoms. The van der Waals surface area contributed by atoms with E-state index in [1.54, 1.807) is 0 Å². The van der Waals surface area contributed by atoms with Gasteiger partial charge >= 0.3 is 0 Å². The Kier molecular flexibility index (Phi) is 2.33. The van der Waals surface area contributed by atoms with Crippen LogP contribution in [0.3, 0.4) is 0 Å². The maximum absolute atomic E-state index is 11.0. The van der Waals surface area contributed by atoms with E-state index in [1.165, 1.54) is 12.8 Å². The van der Waals surface area contributed by atoms with Crippen LogP contribution < -0.4 is 0 Å². The van der Waals surface area contributed by atoms with E-state index in [0.717, 1.165) is 18.3 Å². The van der Waals surface area contributed by atoms with Crippen LogP contribution in [0, 0.1) is 22.7 Å². The number of aldehydes is 1. The van der Waals surface area contributed by atoms with Crippen molar-refractivity contribution in [3.63, 3.8) is 0 Å². The molecule has 0 saturated heterocycles. The van der Waals surface area contributed by atoms with Crippen molar-refractivity contribution < 1.29 is 4.79 Å². The Bertz CT molecular complexity index is 313. The Morgan fingerprint density at radius 1 is 1.40 bits per heavy atom. The first-order valence-electron chi connectivity index (χ1n) is 6.07. The standard InChI is InChI=1S/C14H22O/c1-10-13(2,3)7-6-12-11(9-15)5-8-14(10,12)4/h5,9-10,12H,6-8H2,1-4H3/t10-,12?,14+/m0/s1. The summed E-state index contributed by atoms with van der Waals surface area (Å²) in [7, 11) is 0. The molecule has 1 saturated carbocycles. The van der Waals surface area contributed by atoms with Crippen molar-refractivity contribution in [2.45, 2.75) is 47.0 Å². The van der Waals surface area contributed by atoms with E-state index in [2.05, 4.69) is 33.8 Å². The fourth-order valence-electron chi connectivity index (χ4n) is 3.73. The molecule has 0 radical (unpaired) electrons. The normalized spacial score (nSPS) is 43.3. The van der Waals surface area contributed by atoms with Crippen LogP contribution in [0.15, 0.2) is 11.6 Å². The topological polar surface area (TPSA) is 17.1 Å². The number of rotatable bonds is 1. The molecular weight excluding hydrogens is 184 g/mol. The summed E-state index contributed by atoms with van der Waals surface area (Å²) in [6.45, 7) is 9.49. The summed E-state index contributed by atoms with van der Waals surface area (Å²) in [4.78, 5) is 11.0. The van der Waals surface area contributed by atoms with Crippen LogP contribution in [0.4, 0.5) is 0 Å². The second-order valence-electron chi connectivity index (χ2n) is 6.33. The van der Waals surface area contributed by atoms with Gasteiger partial charge in [0, 0.05) is 0 Å². The fourth-order valence-corrected chi connectivity index (χ4v) is 3.73. The minimum atomic E-state index is 0.331. The van der Waals surface area contributed by atoms with E-state index < -0.39 is 0 Å². The lowest BCUT2D eigenvalue weighted by molar-refractivity contribution is -0.106. The average molecular weight is 206 g/mol. The Labute approximate surface area is 92.9 Å². The zero-order chi connectivity index (χ0) is 11.3. The zero-order valence-corrected chi connectivity index (χ0v) is 10.3. The van der Waals surface area contributed by atoms with E-state index >= 15 is 0 Å². The van der Waals surface area contributed by atoms with Crippen LogP contribution in [0.25, 0.3) is 0 Å². The Morgan fingerprint density at radius 2 is 2.07 bits per heavy atom. The SMILES string of the molecule is C[C@H]1C(C)(C)CCC2C(C=O)=CC[C@@]21C. The maximum atomic E-state index is 11.0. The van der Waals surface area contributed by atoms with Crippen molar-refractivity contribution in [2.24, 2.45) is 22.7 Å². The van der Waals surface area contributed by atoms with Gasteiger partial charge < -0.3 is 0 Å². The third-order valence-electron chi connectivity index (χ3n) is 5.35. The molecule has 2 rings (SSSR count). The summed E-state index contributed by atoms with van der Waals surface area (Å²) in [5.74, 6) is 1.22. The Morgan fingerprint density at radius 3 is 2.67 bits per heavy atom. The van der Waals surface area contributed by atoms with Crippen LogP contribution in [0.1, 0.15) is 47.0 Å². The highest BCUT2D eigenvalue weighted by Crippen LogP contribution is 2.59. The largest absolute Gasteiger partial charge is 0.298 e. The van der Waals surface area contributed by atoms with E-state index in [9.17, 15) is 4.79 Å². The predicted octanol–water partition coefficient (Wildman–Crippen LogP) is 3.59. The second kappa shape index (κ2) is 3.20. The molecule has 0 aromatic heterocycles. The van der Waals surface area contributed by atoms with Gasteiger partial charge in [0.25, 0.3) is 0 Å². The number of carbonyl (C=O) groups excluding carboxylic acids is 1. The molecule has 0 aromatic carbocycles. The summed E-state index contributed by atoms with van der Waals surface area (Å²) in [6.07, 6.45) is 6.80.